The second kappa shape index (κ2) is 5.35. The summed E-state index contributed by atoms with van der Waals surface area (Å²) in [5, 5.41) is 1.12. The second-order valence-corrected chi connectivity index (χ2v) is 4.10. The van der Waals surface area contributed by atoms with E-state index in [1.54, 1.807) is 25.2 Å². The van der Waals surface area contributed by atoms with E-state index in [0.717, 1.165) is 5.56 Å². The zero-order chi connectivity index (χ0) is 11.4. The quantitative estimate of drug-likeness (QED) is 0.886. The third-order valence-electron chi connectivity index (χ3n) is 1.94. The lowest BCUT2D eigenvalue weighted by Gasteiger charge is -2.16. The Labute approximate surface area is 98.8 Å². The molecule has 0 radical (unpaired) electrons. The number of carbonyl (C=O) groups excluding carboxylic acids is 1. The van der Waals surface area contributed by atoms with Crippen molar-refractivity contribution < 1.29 is 4.79 Å². The molecule has 0 aliphatic rings. The van der Waals surface area contributed by atoms with Crippen molar-refractivity contribution in [3.8, 4) is 0 Å². The van der Waals surface area contributed by atoms with E-state index in [1.165, 1.54) is 4.90 Å². The molecule has 1 rings (SSSR count). The molecule has 2 N–H and O–H groups in total. The van der Waals surface area contributed by atoms with Gasteiger partial charge in [-0.15, -0.1) is 0 Å². The van der Waals surface area contributed by atoms with E-state index in [-0.39, 0.29) is 12.5 Å². The molecule has 0 heterocycles. The number of rotatable bonds is 3. The van der Waals surface area contributed by atoms with Gasteiger partial charge in [0.05, 0.1) is 6.54 Å². The molecule has 0 unspecified atom stereocenters. The molecule has 0 aliphatic carbocycles. The van der Waals surface area contributed by atoms with Gasteiger partial charge < -0.3 is 10.6 Å². The lowest BCUT2D eigenvalue weighted by atomic mass is 10.2. The summed E-state index contributed by atoms with van der Waals surface area (Å²) in [6.07, 6.45) is 0. The molecular formula is C10H12Cl2N2O. The Morgan fingerprint density at radius 1 is 1.33 bits per heavy atom. The number of hydrogen-bond acceptors (Lipinski definition) is 2. The molecule has 3 nitrogen and oxygen atoms in total. The highest BCUT2D eigenvalue weighted by Gasteiger charge is 2.07. The number of likely N-dealkylation sites (N-methyl/N-ethyl adjacent to an activating group) is 1. The zero-order valence-electron chi connectivity index (χ0n) is 8.34. The van der Waals surface area contributed by atoms with E-state index in [0.29, 0.717) is 16.6 Å². The molecule has 0 aromatic heterocycles. The van der Waals surface area contributed by atoms with Gasteiger partial charge in [-0.3, -0.25) is 4.79 Å². The molecule has 1 amide bonds. The highest BCUT2D eigenvalue weighted by atomic mass is 35.5. The first-order chi connectivity index (χ1) is 7.02. The van der Waals surface area contributed by atoms with Crippen LogP contribution >= 0.6 is 23.2 Å². The lowest BCUT2D eigenvalue weighted by molar-refractivity contribution is -0.128. The summed E-state index contributed by atoms with van der Waals surface area (Å²) >= 11 is 11.7. The molecule has 1 aromatic rings. The topological polar surface area (TPSA) is 46.3 Å². The van der Waals surface area contributed by atoms with Crippen LogP contribution in [0.1, 0.15) is 5.56 Å². The highest BCUT2D eigenvalue weighted by molar-refractivity contribution is 6.34. The lowest BCUT2D eigenvalue weighted by Crippen LogP contribution is -2.32. The summed E-state index contributed by atoms with van der Waals surface area (Å²) in [7, 11) is 1.68. The van der Waals surface area contributed by atoms with Gasteiger partial charge in [-0.1, -0.05) is 23.2 Å². The van der Waals surface area contributed by atoms with Crippen LogP contribution in [-0.4, -0.2) is 24.4 Å². The van der Waals surface area contributed by atoms with Crippen molar-refractivity contribution >= 4 is 29.1 Å². The van der Waals surface area contributed by atoms with Crippen LogP contribution in [0.4, 0.5) is 0 Å². The van der Waals surface area contributed by atoms with Crippen LogP contribution in [0.3, 0.4) is 0 Å². The fraction of sp³-hybridized carbons (Fsp3) is 0.300. The maximum Gasteiger partial charge on any atom is 0.236 e. The summed E-state index contributed by atoms with van der Waals surface area (Å²) in [5.74, 6) is -0.119. The van der Waals surface area contributed by atoms with E-state index < -0.39 is 0 Å². The van der Waals surface area contributed by atoms with Crippen molar-refractivity contribution in [3.05, 3.63) is 33.8 Å². The molecule has 15 heavy (non-hydrogen) atoms. The molecule has 0 saturated heterocycles. The Hall–Kier alpha value is -0.770. The predicted molar refractivity (Wildman–Crippen MR) is 62.0 cm³/mol. The Kier molecular flexibility index (Phi) is 4.39. The predicted octanol–water partition coefficient (Wildman–Crippen LogP) is 1.91. The molecule has 1 aromatic carbocycles. The van der Waals surface area contributed by atoms with Crippen molar-refractivity contribution in [2.45, 2.75) is 6.54 Å². The van der Waals surface area contributed by atoms with E-state index in [9.17, 15) is 4.79 Å². The van der Waals surface area contributed by atoms with E-state index in [1.807, 2.05) is 0 Å². The van der Waals surface area contributed by atoms with E-state index in [2.05, 4.69) is 0 Å². The zero-order valence-corrected chi connectivity index (χ0v) is 9.85. The van der Waals surface area contributed by atoms with Gasteiger partial charge in [-0.2, -0.15) is 0 Å². The monoisotopic (exact) mass is 246 g/mol. The molecule has 0 aliphatic heterocycles. The number of amides is 1. The van der Waals surface area contributed by atoms with Gasteiger partial charge in [0, 0.05) is 23.6 Å². The summed E-state index contributed by atoms with van der Waals surface area (Å²) in [4.78, 5) is 12.8. The Morgan fingerprint density at radius 3 is 2.33 bits per heavy atom. The first kappa shape index (κ1) is 12.3. The Balaban J connectivity index is 2.76. The fourth-order valence-electron chi connectivity index (χ4n) is 1.22. The van der Waals surface area contributed by atoms with E-state index >= 15 is 0 Å². The van der Waals surface area contributed by atoms with Gasteiger partial charge in [-0.05, 0) is 23.8 Å². The molecular weight excluding hydrogens is 235 g/mol. The first-order valence-corrected chi connectivity index (χ1v) is 5.17. The molecule has 0 saturated carbocycles. The Morgan fingerprint density at radius 2 is 1.87 bits per heavy atom. The normalized spacial score (nSPS) is 10.1. The molecule has 82 valence electrons. The summed E-state index contributed by atoms with van der Waals surface area (Å²) in [5.41, 5.74) is 6.13. The Bertz CT molecular complexity index is 348. The van der Waals surface area contributed by atoms with Gasteiger partial charge in [0.1, 0.15) is 0 Å². The van der Waals surface area contributed by atoms with Crippen molar-refractivity contribution in [2.24, 2.45) is 5.73 Å². The SMILES string of the molecule is CN(Cc1cc(Cl)cc(Cl)c1)C(=O)CN. The maximum atomic E-state index is 11.2. The van der Waals surface area contributed by atoms with Crippen molar-refractivity contribution in [3.63, 3.8) is 0 Å². The van der Waals surface area contributed by atoms with E-state index in [4.69, 9.17) is 28.9 Å². The minimum Gasteiger partial charge on any atom is -0.340 e. The average molecular weight is 247 g/mol. The van der Waals surface area contributed by atoms with Crippen molar-refractivity contribution in [1.29, 1.82) is 0 Å². The number of hydrogen-bond donors (Lipinski definition) is 1. The van der Waals surface area contributed by atoms with Crippen LogP contribution in [0.15, 0.2) is 18.2 Å². The molecule has 0 fully saturated rings. The average Bonchev–Trinajstić information content (AvgIpc) is 2.14. The van der Waals surface area contributed by atoms with Gasteiger partial charge in [-0.25, -0.2) is 0 Å². The van der Waals surface area contributed by atoms with Gasteiger partial charge in [0.25, 0.3) is 0 Å². The largest absolute Gasteiger partial charge is 0.340 e. The number of nitrogens with two attached hydrogens (primary N) is 1. The van der Waals surface area contributed by atoms with Gasteiger partial charge in [0.15, 0.2) is 0 Å². The molecule has 0 atom stereocenters. The summed E-state index contributed by atoms with van der Waals surface area (Å²) < 4.78 is 0. The molecule has 5 heteroatoms. The third-order valence-corrected chi connectivity index (χ3v) is 2.38. The highest BCUT2D eigenvalue weighted by Crippen LogP contribution is 2.19. The van der Waals surface area contributed by atoms with Crippen LogP contribution in [-0.2, 0) is 11.3 Å². The number of halogens is 2. The van der Waals surface area contributed by atoms with Crippen LogP contribution in [0.5, 0.6) is 0 Å². The molecule has 0 bridgehead atoms. The van der Waals surface area contributed by atoms with Crippen LogP contribution in [0.25, 0.3) is 0 Å². The standard InChI is InChI=1S/C10H12Cl2N2O/c1-14(10(15)5-13)6-7-2-8(11)4-9(12)3-7/h2-4H,5-6,13H2,1H3. The fourth-order valence-corrected chi connectivity index (χ4v) is 1.79. The number of carbonyl (C=O) groups is 1. The van der Waals surface area contributed by atoms with Gasteiger partial charge in [0.2, 0.25) is 5.91 Å². The minimum atomic E-state index is -0.119. The number of nitrogens with zero attached hydrogens (tertiary/aromatic N) is 1. The molecule has 0 spiro atoms. The summed E-state index contributed by atoms with van der Waals surface area (Å²) in [6, 6.07) is 5.19. The van der Waals surface area contributed by atoms with Crippen LogP contribution in [0.2, 0.25) is 10.0 Å². The third kappa shape index (κ3) is 3.70. The van der Waals surface area contributed by atoms with Gasteiger partial charge >= 0.3 is 0 Å². The summed E-state index contributed by atoms with van der Waals surface area (Å²) in [6.45, 7) is 0.459. The number of benzene rings is 1. The minimum absolute atomic E-state index is 0.00476. The second-order valence-electron chi connectivity index (χ2n) is 3.23. The van der Waals surface area contributed by atoms with Crippen molar-refractivity contribution in [2.75, 3.05) is 13.6 Å². The first-order valence-electron chi connectivity index (χ1n) is 4.42. The van der Waals surface area contributed by atoms with Crippen LogP contribution in [0, 0.1) is 0 Å². The van der Waals surface area contributed by atoms with Crippen LogP contribution < -0.4 is 5.73 Å². The van der Waals surface area contributed by atoms with Crippen molar-refractivity contribution in [1.82, 2.24) is 4.90 Å². The maximum absolute atomic E-state index is 11.2. The smallest absolute Gasteiger partial charge is 0.236 e.